The SMILES string of the molecule is C1[C@H]2N[C@H]12. The highest BCUT2D eigenvalue weighted by atomic mass is 15.2. The van der Waals surface area contributed by atoms with Gasteiger partial charge in [0.25, 0.3) is 0 Å². The van der Waals surface area contributed by atoms with E-state index in [9.17, 15) is 0 Å². The average molecular weight is 55.1 g/mol. The van der Waals surface area contributed by atoms with Gasteiger partial charge in [0.1, 0.15) is 0 Å². The van der Waals surface area contributed by atoms with Crippen molar-refractivity contribution in [3.8, 4) is 0 Å². The Morgan fingerprint density at radius 3 is 1.75 bits per heavy atom. The molecule has 0 aromatic carbocycles. The van der Waals surface area contributed by atoms with Crippen molar-refractivity contribution in [1.29, 1.82) is 0 Å². The van der Waals surface area contributed by atoms with Crippen LogP contribution < -0.4 is 5.32 Å². The lowest BCUT2D eigenvalue weighted by Crippen LogP contribution is -1.89. The number of hydrogen-bond acceptors (Lipinski definition) is 1. The van der Waals surface area contributed by atoms with Crippen LogP contribution in [-0.4, -0.2) is 12.1 Å². The molecule has 2 fully saturated rings. The number of rotatable bonds is 0. The molecule has 22 valence electrons. The molecule has 0 spiro atoms. The van der Waals surface area contributed by atoms with Crippen molar-refractivity contribution in [2.75, 3.05) is 0 Å². The molecule has 1 aliphatic carbocycles. The quantitative estimate of drug-likeness (QED) is 0.378. The smallest absolute Gasteiger partial charge is 0.0240 e. The maximum atomic E-state index is 3.19. The van der Waals surface area contributed by atoms with Crippen molar-refractivity contribution >= 4 is 0 Å². The topological polar surface area (TPSA) is 21.9 Å². The lowest BCUT2D eigenvalue weighted by atomic mass is 10.8. The summed E-state index contributed by atoms with van der Waals surface area (Å²) in [6, 6.07) is 2.00. The lowest BCUT2D eigenvalue weighted by molar-refractivity contribution is 0.905. The van der Waals surface area contributed by atoms with Crippen molar-refractivity contribution in [3.63, 3.8) is 0 Å². The van der Waals surface area contributed by atoms with Gasteiger partial charge in [-0.1, -0.05) is 0 Å². The predicted octanol–water partition coefficient (Wildman–Crippen LogP) is -0.270. The van der Waals surface area contributed by atoms with Crippen molar-refractivity contribution < 1.29 is 0 Å². The van der Waals surface area contributed by atoms with Gasteiger partial charge in [-0.05, 0) is 6.42 Å². The summed E-state index contributed by atoms with van der Waals surface area (Å²) in [4.78, 5) is 0. The van der Waals surface area contributed by atoms with E-state index in [4.69, 9.17) is 0 Å². The van der Waals surface area contributed by atoms with Gasteiger partial charge < -0.3 is 5.32 Å². The van der Waals surface area contributed by atoms with Crippen LogP contribution in [-0.2, 0) is 0 Å². The van der Waals surface area contributed by atoms with Gasteiger partial charge in [-0.25, -0.2) is 0 Å². The van der Waals surface area contributed by atoms with Crippen LogP contribution in [0.15, 0.2) is 0 Å². The van der Waals surface area contributed by atoms with Crippen molar-refractivity contribution in [3.05, 3.63) is 0 Å². The van der Waals surface area contributed by atoms with Crippen LogP contribution in [0.4, 0.5) is 0 Å². The second kappa shape index (κ2) is 0.179. The second-order valence-electron chi connectivity index (χ2n) is 1.62. The molecule has 0 amide bonds. The molecule has 1 heterocycles. The van der Waals surface area contributed by atoms with Gasteiger partial charge in [-0.2, -0.15) is 0 Å². The first kappa shape index (κ1) is 1.41. The summed E-state index contributed by atoms with van der Waals surface area (Å²) in [5.41, 5.74) is 0. The fourth-order valence-electron chi connectivity index (χ4n) is 0.390. The highest BCUT2D eigenvalue weighted by Gasteiger charge is 2.52. The minimum Gasteiger partial charge on any atom is -0.308 e. The first-order valence-corrected chi connectivity index (χ1v) is 1.73. The van der Waals surface area contributed by atoms with E-state index in [0.717, 1.165) is 12.1 Å². The van der Waals surface area contributed by atoms with Crippen LogP contribution in [0.2, 0.25) is 0 Å². The Labute approximate surface area is 25.0 Å². The van der Waals surface area contributed by atoms with Gasteiger partial charge in [0.15, 0.2) is 0 Å². The van der Waals surface area contributed by atoms with E-state index in [1.165, 1.54) is 6.42 Å². The van der Waals surface area contributed by atoms with Crippen LogP contribution in [0.3, 0.4) is 0 Å². The summed E-state index contributed by atoms with van der Waals surface area (Å²) in [6.45, 7) is 0. The van der Waals surface area contributed by atoms with Crippen LogP contribution in [0, 0.1) is 0 Å². The maximum absolute atomic E-state index is 3.19. The van der Waals surface area contributed by atoms with E-state index < -0.39 is 0 Å². The molecule has 1 N–H and O–H groups in total. The molecule has 1 heteroatoms. The van der Waals surface area contributed by atoms with Gasteiger partial charge in [0, 0.05) is 12.1 Å². The van der Waals surface area contributed by atoms with Gasteiger partial charge in [0.2, 0.25) is 0 Å². The molecule has 0 radical (unpaired) electrons. The molecule has 2 rings (SSSR count). The van der Waals surface area contributed by atoms with E-state index in [1.807, 2.05) is 0 Å². The first-order valence-electron chi connectivity index (χ1n) is 1.73. The zero-order chi connectivity index (χ0) is 2.57. The van der Waals surface area contributed by atoms with Gasteiger partial charge in [-0.15, -0.1) is 0 Å². The third-order valence-electron chi connectivity index (χ3n) is 1.11. The lowest BCUT2D eigenvalue weighted by Gasteiger charge is -1.66. The molecule has 2 atom stereocenters. The van der Waals surface area contributed by atoms with Crippen LogP contribution in [0.25, 0.3) is 0 Å². The summed E-state index contributed by atoms with van der Waals surface area (Å²) in [7, 11) is 0. The van der Waals surface area contributed by atoms with Crippen LogP contribution >= 0.6 is 0 Å². The van der Waals surface area contributed by atoms with Crippen molar-refractivity contribution in [2.24, 2.45) is 0 Å². The van der Waals surface area contributed by atoms with Gasteiger partial charge in [-0.3, -0.25) is 0 Å². The second-order valence-corrected chi connectivity index (χ2v) is 1.62. The third-order valence-corrected chi connectivity index (χ3v) is 1.11. The summed E-state index contributed by atoms with van der Waals surface area (Å²) in [5.74, 6) is 0. The summed E-state index contributed by atoms with van der Waals surface area (Å²) < 4.78 is 0. The van der Waals surface area contributed by atoms with E-state index in [2.05, 4.69) is 5.32 Å². The molecule has 0 aromatic heterocycles. The fourth-order valence-corrected chi connectivity index (χ4v) is 0.390. The average Bonchev–Trinajstić information content (AvgIpc) is 1.36. The molecule has 4 heavy (non-hydrogen) atoms. The van der Waals surface area contributed by atoms with Crippen molar-refractivity contribution in [1.82, 2.24) is 5.32 Å². The molecular formula is C3H5N. The summed E-state index contributed by atoms with van der Waals surface area (Å²) in [5, 5.41) is 3.19. The summed E-state index contributed by atoms with van der Waals surface area (Å²) >= 11 is 0. The van der Waals surface area contributed by atoms with E-state index in [1.54, 1.807) is 0 Å². The van der Waals surface area contributed by atoms with Crippen LogP contribution in [0.1, 0.15) is 6.42 Å². The van der Waals surface area contributed by atoms with Crippen LogP contribution in [0.5, 0.6) is 0 Å². The minimum atomic E-state index is 1.000. The predicted molar refractivity (Wildman–Crippen MR) is 15.3 cm³/mol. The minimum absolute atomic E-state index is 1.000. The number of fused-ring (bicyclic) bond motifs is 1. The Bertz CT molecular complexity index is 39.2. The zero-order valence-corrected chi connectivity index (χ0v) is 2.36. The Morgan fingerprint density at radius 2 is 1.75 bits per heavy atom. The standard InChI is InChI=1S/C3H5N/c1-2-3(1)4-2/h2-4H,1H2/t2-,3-/m1/s1. The van der Waals surface area contributed by atoms with Gasteiger partial charge >= 0.3 is 0 Å². The third kappa shape index (κ3) is 0.0285. The molecule has 2 aliphatic rings. The zero-order valence-electron chi connectivity index (χ0n) is 2.36. The van der Waals surface area contributed by atoms with E-state index in [0.29, 0.717) is 0 Å². The molecule has 1 saturated carbocycles. The molecule has 1 nitrogen and oxygen atoms in total. The molecule has 0 aromatic rings. The largest absolute Gasteiger partial charge is 0.308 e. The molecule has 0 unspecified atom stereocenters. The Balaban J connectivity index is 2.48. The number of nitrogens with one attached hydrogen (secondary N) is 1. The first-order chi connectivity index (χ1) is 1.97. The normalized spacial score (nSPS) is 66.0. The Morgan fingerprint density at radius 1 is 1.50 bits per heavy atom. The van der Waals surface area contributed by atoms with E-state index in [-0.39, 0.29) is 0 Å². The highest BCUT2D eigenvalue weighted by Crippen LogP contribution is 2.35. The Hall–Kier alpha value is -0.0400. The molecular weight excluding hydrogens is 50.0 g/mol. The number of hydrogen-bond donors (Lipinski definition) is 1. The monoisotopic (exact) mass is 55.0 g/mol. The Kier molecular flexibility index (Phi) is 0.0633. The van der Waals surface area contributed by atoms with Crippen molar-refractivity contribution in [2.45, 2.75) is 18.5 Å². The van der Waals surface area contributed by atoms with E-state index >= 15 is 0 Å². The maximum Gasteiger partial charge on any atom is 0.0240 e. The van der Waals surface area contributed by atoms with Gasteiger partial charge in [0.05, 0.1) is 0 Å². The molecule has 1 saturated heterocycles. The molecule has 0 bridgehead atoms. The fraction of sp³-hybridized carbons (Fsp3) is 1.00. The summed E-state index contributed by atoms with van der Waals surface area (Å²) in [6.07, 6.45) is 1.47. The highest BCUT2D eigenvalue weighted by molar-refractivity contribution is 5.16. The molecule has 1 aliphatic heterocycles.